The summed E-state index contributed by atoms with van der Waals surface area (Å²) >= 11 is 0. The molecule has 0 amide bonds. The Morgan fingerprint density at radius 3 is 1.64 bits per heavy atom. The first-order valence-electron chi connectivity index (χ1n) is 3.06. The highest BCUT2D eigenvalue weighted by atomic mass is 16.6. The molecule has 0 aromatic heterocycles. The highest BCUT2D eigenvalue weighted by molar-refractivity contribution is 5.84. The third-order valence-corrected chi connectivity index (χ3v) is 0.569. The quantitative estimate of drug-likeness (QED) is 0.429. The highest BCUT2D eigenvalue weighted by Crippen LogP contribution is 1.84. The van der Waals surface area contributed by atoms with Gasteiger partial charge >= 0.3 is 5.97 Å². The molecule has 1 saturated heterocycles. The maximum atomic E-state index is 9.60. The smallest absolute Gasteiger partial charge is 0.330 e. The van der Waals surface area contributed by atoms with Gasteiger partial charge in [-0.1, -0.05) is 6.58 Å². The van der Waals surface area contributed by atoms with Crippen molar-refractivity contribution in [2.75, 3.05) is 20.3 Å². The molecule has 0 radical (unpaired) electrons. The summed E-state index contributed by atoms with van der Waals surface area (Å²) in [7, 11) is 1.00. The Morgan fingerprint density at radius 1 is 1.45 bits per heavy atom. The van der Waals surface area contributed by atoms with Crippen LogP contribution in [0.3, 0.4) is 0 Å². The fraction of sp³-hybridized carbons (Fsp3) is 0.571. The Morgan fingerprint density at radius 2 is 1.64 bits per heavy atom. The van der Waals surface area contributed by atoms with E-state index in [4.69, 9.17) is 10.2 Å². The third kappa shape index (κ3) is 27.2. The second kappa shape index (κ2) is 9.13. The van der Waals surface area contributed by atoms with Gasteiger partial charge in [-0.15, -0.1) is 0 Å². The molecule has 1 aliphatic heterocycles. The van der Waals surface area contributed by atoms with Crippen molar-refractivity contribution in [1.29, 1.82) is 0 Å². The Kier molecular flexibility index (Phi) is 10.6. The Balaban J connectivity index is 0. The third-order valence-electron chi connectivity index (χ3n) is 0.569. The first kappa shape index (κ1) is 12.8. The molecule has 0 aliphatic carbocycles. The van der Waals surface area contributed by atoms with Crippen LogP contribution in [-0.2, 0) is 9.53 Å². The Hall–Kier alpha value is -0.870. The largest absolute Gasteiger partial charge is 0.478 e. The van der Waals surface area contributed by atoms with Crippen molar-refractivity contribution >= 4 is 5.97 Å². The summed E-state index contributed by atoms with van der Waals surface area (Å²) in [5, 5.41) is 14.9. The molecule has 0 bridgehead atoms. The minimum atomic E-state index is -0.935. The second-order valence-electron chi connectivity index (χ2n) is 1.70. The van der Waals surface area contributed by atoms with Gasteiger partial charge in [-0.3, -0.25) is 0 Å². The average Bonchev–Trinajstić information content (AvgIpc) is 2.76. The van der Waals surface area contributed by atoms with Crippen LogP contribution < -0.4 is 0 Å². The minimum absolute atomic E-state index is 0.176. The van der Waals surface area contributed by atoms with Gasteiger partial charge in [-0.05, 0) is 6.92 Å². The predicted octanol–water partition coefficient (Wildman–Crippen LogP) is 0.272. The molecule has 4 heteroatoms. The van der Waals surface area contributed by atoms with Crippen molar-refractivity contribution < 1.29 is 19.7 Å². The lowest BCUT2D eigenvalue weighted by molar-refractivity contribution is -0.132. The van der Waals surface area contributed by atoms with Crippen LogP contribution in [0.5, 0.6) is 0 Å². The van der Waals surface area contributed by atoms with Gasteiger partial charge in [0.1, 0.15) is 0 Å². The number of aliphatic hydroxyl groups excluding tert-OH is 1. The normalized spacial score (nSPS) is 11.2. The summed E-state index contributed by atoms with van der Waals surface area (Å²) in [6.45, 7) is 6.60. The molecule has 1 rings (SSSR count). The number of carboxylic acid groups (broad SMARTS) is 1. The van der Waals surface area contributed by atoms with Gasteiger partial charge in [0.25, 0.3) is 0 Å². The Bertz CT molecular complexity index is 103. The van der Waals surface area contributed by atoms with E-state index in [1.165, 1.54) is 6.92 Å². The van der Waals surface area contributed by atoms with Crippen molar-refractivity contribution in [3.63, 3.8) is 0 Å². The molecule has 2 N–H and O–H groups in total. The molecule has 0 atom stereocenters. The number of carbonyl (C=O) groups is 1. The molecule has 1 aliphatic rings. The number of hydrogen-bond donors (Lipinski definition) is 2. The standard InChI is InChI=1S/C4H6O2.C2H4O.CH4O/c1-3(2)4(5)6;1-2-3-1;1-2/h1H2,2H3,(H,5,6);1-2H2;2H,1H3. The van der Waals surface area contributed by atoms with E-state index in [0.717, 1.165) is 20.3 Å². The number of hydrogen-bond acceptors (Lipinski definition) is 3. The van der Waals surface area contributed by atoms with Crippen molar-refractivity contribution in [3.8, 4) is 0 Å². The van der Waals surface area contributed by atoms with E-state index in [2.05, 4.69) is 11.3 Å². The van der Waals surface area contributed by atoms with Crippen LogP contribution in [0.4, 0.5) is 0 Å². The van der Waals surface area contributed by atoms with Crippen LogP contribution in [0, 0.1) is 0 Å². The Labute approximate surface area is 66.1 Å². The van der Waals surface area contributed by atoms with E-state index in [0.29, 0.717) is 0 Å². The van der Waals surface area contributed by atoms with Gasteiger partial charge in [-0.2, -0.15) is 0 Å². The van der Waals surface area contributed by atoms with E-state index in [1.807, 2.05) is 0 Å². The molecule has 0 unspecified atom stereocenters. The molecular weight excluding hydrogens is 148 g/mol. The van der Waals surface area contributed by atoms with Crippen molar-refractivity contribution in [2.45, 2.75) is 6.92 Å². The van der Waals surface area contributed by atoms with Crippen LogP contribution in [0.1, 0.15) is 6.92 Å². The zero-order valence-corrected chi connectivity index (χ0v) is 6.83. The first-order valence-corrected chi connectivity index (χ1v) is 3.06. The highest BCUT2D eigenvalue weighted by Gasteiger charge is 1.94. The molecule has 66 valence electrons. The van der Waals surface area contributed by atoms with Crippen molar-refractivity contribution in [2.24, 2.45) is 0 Å². The summed E-state index contributed by atoms with van der Waals surface area (Å²) in [6, 6.07) is 0. The molecule has 1 heterocycles. The van der Waals surface area contributed by atoms with Crippen LogP contribution in [-0.4, -0.2) is 36.5 Å². The maximum Gasteiger partial charge on any atom is 0.330 e. The summed E-state index contributed by atoms with van der Waals surface area (Å²) in [5.74, 6) is -0.935. The summed E-state index contributed by atoms with van der Waals surface area (Å²) in [6.07, 6.45) is 0. The van der Waals surface area contributed by atoms with Crippen LogP contribution >= 0.6 is 0 Å². The number of aliphatic carboxylic acids is 1. The SMILES string of the molecule is C1CO1.C=C(C)C(=O)O.CO. The lowest BCUT2D eigenvalue weighted by Gasteiger charge is -1.79. The number of epoxide rings is 1. The minimum Gasteiger partial charge on any atom is -0.478 e. The maximum absolute atomic E-state index is 9.60. The van der Waals surface area contributed by atoms with E-state index in [1.54, 1.807) is 0 Å². The molecule has 0 saturated carbocycles. The topological polar surface area (TPSA) is 70.1 Å². The van der Waals surface area contributed by atoms with E-state index in [-0.39, 0.29) is 5.57 Å². The van der Waals surface area contributed by atoms with E-state index >= 15 is 0 Å². The van der Waals surface area contributed by atoms with Gasteiger partial charge in [-0.25, -0.2) is 4.79 Å². The predicted molar refractivity (Wildman–Crippen MR) is 41.4 cm³/mol. The van der Waals surface area contributed by atoms with Crippen molar-refractivity contribution in [3.05, 3.63) is 12.2 Å². The zero-order valence-electron chi connectivity index (χ0n) is 6.83. The summed E-state index contributed by atoms with van der Waals surface area (Å²) in [5.41, 5.74) is 0.176. The fourth-order valence-corrected chi connectivity index (χ4v) is 0. The lowest BCUT2D eigenvalue weighted by atomic mass is 10.4. The monoisotopic (exact) mass is 162 g/mol. The van der Waals surface area contributed by atoms with Crippen molar-refractivity contribution in [1.82, 2.24) is 0 Å². The molecule has 0 aromatic carbocycles. The van der Waals surface area contributed by atoms with E-state index < -0.39 is 5.97 Å². The first-order chi connectivity index (χ1) is 5.14. The number of carboxylic acids is 1. The average molecular weight is 162 g/mol. The molecular formula is C7H14O4. The van der Waals surface area contributed by atoms with Crippen LogP contribution in [0.15, 0.2) is 12.2 Å². The fourth-order valence-electron chi connectivity index (χ4n) is 0. The number of ether oxygens (including phenoxy) is 1. The lowest BCUT2D eigenvalue weighted by Crippen LogP contribution is -1.92. The van der Waals surface area contributed by atoms with Gasteiger partial charge in [0, 0.05) is 12.7 Å². The van der Waals surface area contributed by atoms with Gasteiger partial charge < -0.3 is 14.9 Å². The zero-order chi connectivity index (χ0) is 9.28. The summed E-state index contributed by atoms with van der Waals surface area (Å²) < 4.78 is 4.50. The number of rotatable bonds is 1. The van der Waals surface area contributed by atoms with Crippen LogP contribution in [0.25, 0.3) is 0 Å². The van der Waals surface area contributed by atoms with E-state index in [9.17, 15) is 4.79 Å². The molecule has 4 nitrogen and oxygen atoms in total. The second-order valence-corrected chi connectivity index (χ2v) is 1.70. The van der Waals surface area contributed by atoms with Gasteiger partial charge in [0.15, 0.2) is 0 Å². The van der Waals surface area contributed by atoms with Gasteiger partial charge in [0.2, 0.25) is 0 Å². The molecule has 0 aromatic rings. The molecule has 11 heavy (non-hydrogen) atoms. The summed E-state index contributed by atoms with van der Waals surface area (Å²) in [4.78, 5) is 9.60. The molecule has 0 spiro atoms. The van der Waals surface area contributed by atoms with Gasteiger partial charge in [0.05, 0.1) is 13.2 Å². The molecule has 1 fully saturated rings. The number of aliphatic hydroxyl groups is 1. The van der Waals surface area contributed by atoms with Crippen LogP contribution in [0.2, 0.25) is 0 Å².